The summed E-state index contributed by atoms with van der Waals surface area (Å²) in [5, 5.41) is 0. The van der Waals surface area contributed by atoms with Crippen molar-refractivity contribution in [2.75, 3.05) is 0 Å². The Kier molecular flexibility index (Phi) is 3.62. The fourth-order valence-electron chi connectivity index (χ4n) is 1.41. The molecule has 0 unspecified atom stereocenters. The zero-order chi connectivity index (χ0) is 11.4. The minimum Gasteiger partial charge on any atom is -0.206 e. The van der Waals surface area contributed by atoms with E-state index in [0.29, 0.717) is 4.90 Å². The van der Waals surface area contributed by atoms with Crippen molar-refractivity contribution in [2.45, 2.75) is 17.6 Å². The Balaban J connectivity index is 2.02. The highest BCUT2D eigenvalue weighted by molar-refractivity contribution is 7.98. The normalized spacial score (nSPS) is 10.4. The molecule has 0 aromatic heterocycles. The standard InChI is InChI=1S/C14H13FS/c1-11-6-8-12(9-7-11)10-16-14-5-3-2-4-13(14)15/h2-9H,10H2,1H3. The topological polar surface area (TPSA) is 0 Å². The van der Waals surface area contributed by atoms with Crippen LogP contribution in [0.5, 0.6) is 0 Å². The highest BCUT2D eigenvalue weighted by Crippen LogP contribution is 2.25. The molecule has 0 aliphatic rings. The van der Waals surface area contributed by atoms with E-state index >= 15 is 0 Å². The van der Waals surface area contributed by atoms with E-state index < -0.39 is 0 Å². The van der Waals surface area contributed by atoms with E-state index in [9.17, 15) is 4.39 Å². The van der Waals surface area contributed by atoms with Crippen LogP contribution in [0.25, 0.3) is 0 Å². The van der Waals surface area contributed by atoms with Crippen molar-refractivity contribution >= 4 is 11.8 Å². The maximum atomic E-state index is 13.3. The van der Waals surface area contributed by atoms with Crippen molar-refractivity contribution in [1.29, 1.82) is 0 Å². The molecule has 82 valence electrons. The van der Waals surface area contributed by atoms with Gasteiger partial charge in [0.2, 0.25) is 0 Å². The maximum Gasteiger partial charge on any atom is 0.136 e. The molecule has 0 nitrogen and oxygen atoms in total. The van der Waals surface area contributed by atoms with E-state index in [0.717, 1.165) is 5.75 Å². The molecule has 0 saturated heterocycles. The van der Waals surface area contributed by atoms with Gasteiger partial charge >= 0.3 is 0 Å². The molecule has 0 saturated carbocycles. The largest absolute Gasteiger partial charge is 0.206 e. The van der Waals surface area contributed by atoms with Gasteiger partial charge in [-0.1, -0.05) is 42.0 Å². The first-order chi connectivity index (χ1) is 7.75. The summed E-state index contributed by atoms with van der Waals surface area (Å²) < 4.78 is 13.3. The molecule has 0 fully saturated rings. The van der Waals surface area contributed by atoms with Crippen LogP contribution in [0.1, 0.15) is 11.1 Å². The van der Waals surface area contributed by atoms with E-state index in [2.05, 4.69) is 31.2 Å². The summed E-state index contributed by atoms with van der Waals surface area (Å²) in [6, 6.07) is 15.2. The zero-order valence-electron chi connectivity index (χ0n) is 9.11. The Labute approximate surface area is 99.5 Å². The Morgan fingerprint density at radius 1 is 1.00 bits per heavy atom. The van der Waals surface area contributed by atoms with E-state index in [-0.39, 0.29) is 5.82 Å². The van der Waals surface area contributed by atoms with Gasteiger partial charge in [0, 0.05) is 10.6 Å². The first-order valence-electron chi connectivity index (χ1n) is 5.18. The van der Waals surface area contributed by atoms with Gasteiger partial charge in [0.25, 0.3) is 0 Å². The molecule has 0 bridgehead atoms. The minimum atomic E-state index is -0.139. The van der Waals surface area contributed by atoms with Crippen molar-refractivity contribution in [3.63, 3.8) is 0 Å². The van der Waals surface area contributed by atoms with Gasteiger partial charge in [-0.2, -0.15) is 0 Å². The fraction of sp³-hybridized carbons (Fsp3) is 0.143. The monoisotopic (exact) mass is 232 g/mol. The first-order valence-corrected chi connectivity index (χ1v) is 6.17. The molecule has 0 spiro atoms. The molecule has 0 aliphatic heterocycles. The lowest BCUT2D eigenvalue weighted by atomic mass is 10.2. The molecule has 16 heavy (non-hydrogen) atoms. The Morgan fingerprint density at radius 3 is 2.38 bits per heavy atom. The molecular formula is C14H13FS. The quantitative estimate of drug-likeness (QED) is 0.706. The molecular weight excluding hydrogens is 219 g/mol. The maximum absolute atomic E-state index is 13.3. The van der Waals surface area contributed by atoms with Gasteiger partial charge < -0.3 is 0 Å². The smallest absolute Gasteiger partial charge is 0.136 e. The third-order valence-electron chi connectivity index (χ3n) is 2.35. The van der Waals surface area contributed by atoms with Gasteiger partial charge in [0.15, 0.2) is 0 Å². The highest BCUT2D eigenvalue weighted by Gasteiger charge is 2.01. The third-order valence-corrected chi connectivity index (χ3v) is 3.47. The van der Waals surface area contributed by atoms with Crippen LogP contribution in [0.2, 0.25) is 0 Å². The Hall–Kier alpha value is -1.28. The minimum absolute atomic E-state index is 0.139. The lowest BCUT2D eigenvalue weighted by molar-refractivity contribution is 0.602. The summed E-state index contributed by atoms with van der Waals surface area (Å²) in [5.74, 6) is 0.668. The summed E-state index contributed by atoms with van der Waals surface area (Å²) in [6.45, 7) is 2.06. The van der Waals surface area contributed by atoms with Crippen LogP contribution in [0, 0.1) is 12.7 Å². The first kappa shape index (κ1) is 11.2. The summed E-state index contributed by atoms with van der Waals surface area (Å²) in [5.41, 5.74) is 2.47. The average Bonchev–Trinajstić information content (AvgIpc) is 2.30. The number of halogens is 1. The van der Waals surface area contributed by atoms with Crippen LogP contribution < -0.4 is 0 Å². The van der Waals surface area contributed by atoms with Crippen LogP contribution >= 0.6 is 11.8 Å². The van der Waals surface area contributed by atoms with Gasteiger partial charge in [-0.05, 0) is 24.6 Å². The van der Waals surface area contributed by atoms with Crippen LogP contribution in [-0.4, -0.2) is 0 Å². The van der Waals surface area contributed by atoms with Crippen molar-refractivity contribution in [1.82, 2.24) is 0 Å². The number of thioether (sulfide) groups is 1. The summed E-state index contributed by atoms with van der Waals surface area (Å²) in [6.07, 6.45) is 0. The van der Waals surface area contributed by atoms with Crippen molar-refractivity contribution in [2.24, 2.45) is 0 Å². The molecule has 0 radical (unpaired) electrons. The fourth-order valence-corrected chi connectivity index (χ4v) is 2.30. The van der Waals surface area contributed by atoms with Crippen LogP contribution in [0.4, 0.5) is 4.39 Å². The number of hydrogen-bond acceptors (Lipinski definition) is 1. The van der Waals surface area contributed by atoms with Gasteiger partial charge in [0.1, 0.15) is 5.82 Å². The molecule has 0 aliphatic carbocycles. The predicted octanol–water partition coefficient (Wildman–Crippen LogP) is 4.43. The molecule has 2 aromatic carbocycles. The summed E-state index contributed by atoms with van der Waals surface area (Å²) >= 11 is 1.53. The number of aryl methyl sites for hydroxylation is 1. The third kappa shape index (κ3) is 2.86. The van der Waals surface area contributed by atoms with Crippen LogP contribution in [0.3, 0.4) is 0 Å². The molecule has 2 aromatic rings. The van der Waals surface area contributed by atoms with Gasteiger partial charge in [0.05, 0.1) is 0 Å². The summed E-state index contributed by atoms with van der Waals surface area (Å²) in [4.78, 5) is 0.711. The molecule has 0 N–H and O–H groups in total. The second kappa shape index (κ2) is 5.17. The van der Waals surface area contributed by atoms with Gasteiger partial charge in [-0.25, -0.2) is 4.39 Å². The van der Waals surface area contributed by atoms with E-state index in [1.807, 2.05) is 12.1 Å². The van der Waals surface area contributed by atoms with E-state index in [1.165, 1.54) is 29.0 Å². The number of benzene rings is 2. The lowest BCUT2D eigenvalue weighted by Gasteiger charge is -2.03. The van der Waals surface area contributed by atoms with Crippen molar-refractivity contribution in [3.8, 4) is 0 Å². The number of hydrogen-bond donors (Lipinski definition) is 0. The second-order valence-corrected chi connectivity index (χ2v) is 4.72. The molecule has 2 heteroatoms. The van der Waals surface area contributed by atoms with Crippen LogP contribution in [0.15, 0.2) is 53.4 Å². The lowest BCUT2D eigenvalue weighted by Crippen LogP contribution is -1.83. The van der Waals surface area contributed by atoms with Crippen molar-refractivity contribution < 1.29 is 4.39 Å². The molecule has 0 heterocycles. The molecule has 0 amide bonds. The van der Waals surface area contributed by atoms with Gasteiger partial charge in [-0.3, -0.25) is 0 Å². The molecule has 0 atom stereocenters. The summed E-state index contributed by atoms with van der Waals surface area (Å²) in [7, 11) is 0. The SMILES string of the molecule is Cc1ccc(CSc2ccccc2F)cc1. The predicted molar refractivity (Wildman–Crippen MR) is 67.1 cm³/mol. The van der Waals surface area contributed by atoms with Gasteiger partial charge in [-0.15, -0.1) is 11.8 Å². The van der Waals surface area contributed by atoms with E-state index in [4.69, 9.17) is 0 Å². The number of rotatable bonds is 3. The van der Waals surface area contributed by atoms with Crippen molar-refractivity contribution in [3.05, 3.63) is 65.5 Å². The molecule has 2 rings (SSSR count). The Bertz CT molecular complexity index is 462. The van der Waals surface area contributed by atoms with E-state index in [1.54, 1.807) is 6.07 Å². The Morgan fingerprint density at radius 2 is 1.69 bits per heavy atom. The second-order valence-electron chi connectivity index (χ2n) is 3.70. The highest BCUT2D eigenvalue weighted by atomic mass is 32.2. The van der Waals surface area contributed by atoms with Crippen LogP contribution in [-0.2, 0) is 5.75 Å². The zero-order valence-corrected chi connectivity index (χ0v) is 9.93. The average molecular weight is 232 g/mol.